The lowest BCUT2D eigenvalue weighted by Crippen LogP contribution is -2.36. The summed E-state index contributed by atoms with van der Waals surface area (Å²) in [5.74, 6) is -1.33. The number of hydrogen-bond acceptors (Lipinski definition) is 6. The van der Waals surface area contributed by atoms with Crippen LogP contribution in [-0.2, 0) is 14.4 Å². The van der Waals surface area contributed by atoms with Crippen molar-refractivity contribution in [3.8, 4) is 5.75 Å². The summed E-state index contributed by atoms with van der Waals surface area (Å²) >= 11 is 0.734. The maximum absolute atomic E-state index is 12.7. The van der Waals surface area contributed by atoms with Crippen LogP contribution in [0.5, 0.6) is 5.75 Å². The zero-order chi connectivity index (χ0) is 22.5. The minimum Gasteiger partial charge on any atom is -0.483 e. The molecular weight excluding hydrogens is 418 g/mol. The highest BCUT2D eigenvalue weighted by Gasteiger charge is 2.36. The Hall–Kier alpha value is -3.59. The Kier molecular flexibility index (Phi) is 6.76. The molecule has 160 valence electrons. The van der Waals surface area contributed by atoms with Gasteiger partial charge in [0, 0.05) is 11.3 Å². The Morgan fingerprint density at radius 1 is 1.13 bits per heavy atom. The molecule has 31 heavy (non-hydrogen) atoms. The molecule has 2 aromatic carbocycles. The fourth-order valence-electron chi connectivity index (χ4n) is 3.05. The number of amides is 4. The van der Waals surface area contributed by atoms with Gasteiger partial charge in [0.1, 0.15) is 12.3 Å². The number of nitrogens with one attached hydrogen (secondary N) is 1. The molecule has 3 rings (SSSR count). The van der Waals surface area contributed by atoms with Crippen LogP contribution in [0.1, 0.15) is 16.7 Å². The largest absolute Gasteiger partial charge is 0.483 e. The average molecular weight is 439 g/mol. The highest BCUT2D eigenvalue weighted by molar-refractivity contribution is 8.18. The first-order valence-corrected chi connectivity index (χ1v) is 10.2. The summed E-state index contributed by atoms with van der Waals surface area (Å²) in [6.45, 7) is 3.11. The van der Waals surface area contributed by atoms with Crippen molar-refractivity contribution in [3.63, 3.8) is 0 Å². The average Bonchev–Trinajstić information content (AvgIpc) is 2.93. The third kappa shape index (κ3) is 5.73. The summed E-state index contributed by atoms with van der Waals surface area (Å²) in [7, 11) is 0. The predicted octanol–water partition coefficient (Wildman–Crippen LogP) is 2.84. The van der Waals surface area contributed by atoms with E-state index in [-0.39, 0.29) is 11.5 Å². The van der Waals surface area contributed by atoms with E-state index < -0.39 is 29.5 Å². The van der Waals surface area contributed by atoms with Crippen LogP contribution in [0.15, 0.2) is 47.4 Å². The lowest BCUT2D eigenvalue weighted by atomic mass is 10.1. The second-order valence-electron chi connectivity index (χ2n) is 6.99. The molecule has 0 bridgehead atoms. The molecular formula is C22H21N3O5S. The van der Waals surface area contributed by atoms with Gasteiger partial charge in [-0.25, -0.2) is 0 Å². The molecule has 3 N–H and O–H groups in total. The first-order valence-electron chi connectivity index (χ1n) is 9.36. The van der Waals surface area contributed by atoms with Crippen LogP contribution in [0.2, 0.25) is 0 Å². The Morgan fingerprint density at radius 3 is 2.48 bits per heavy atom. The van der Waals surface area contributed by atoms with Crippen molar-refractivity contribution in [2.24, 2.45) is 5.73 Å². The van der Waals surface area contributed by atoms with Crippen molar-refractivity contribution in [1.29, 1.82) is 0 Å². The highest BCUT2D eigenvalue weighted by atomic mass is 32.2. The maximum Gasteiger partial charge on any atom is 0.294 e. The molecule has 1 fully saturated rings. The maximum atomic E-state index is 12.7. The summed E-state index contributed by atoms with van der Waals surface area (Å²) < 4.78 is 5.35. The van der Waals surface area contributed by atoms with Crippen LogP contribution in [0.4, 0.5) is 10.5 Å². The summed E-state index contributed by atoms with van der Waals surface area (Å²) in [5, 5.41) is 2.18. The van der Waals surface area contributed by atoms with Crippen molar-refractivity contribution in [2.75, 3.05) is 18.5 Å². The van der Waals surface area contributed by atoms with Crippen LogP contribution >= 0.6 is 11.8 Å². The van der Waals surface area contributed by atoms with E-state index >= 15 is 0 Å². The highest BCUT2D eigenvalue weighted by Crippen LogP contribution is 2.34. The van der Waals surface area contributed by atoms with Gasteiger partial charge in [-0.2, -0.15) is 0 Å². The van der Waals surface area contributed by atoms with Gasteiger partial charge in [0.25, 0.3) is 17.1 Å². The van der Waals surface area contributed by atoms with Crippen molar-refractivity contribution < 1.29 is 23.9 Å². The molecule has 2 aromatic rings. The molecule has 0 aromatic heterocycles. The number of aryl methyl sites for hydroxylation is 2. The van der Waals surface area contributed by atoms with Gasteiger partial charge in [-0.3, -0.25) is 24.1 Å². The van der Waals surface area contributed by atoms with Crippen LogP contribution in [0, 0.1) is 13.8 Å². The number of thioether (sulfide) groups is 1. The molecule has 1 heterocycles. The number of nitrogens with two attached hydrogens (primary N) is 1. The van der Waals surface area contributed by atoms with Gasteiger partial charge in [0.2, 0.25) is 5.91 Å². The zero-order valence-electron chi connectivity index (χ0n) is 17.0. The monoisotopic (exact) mass is 439 g/mol. The van der Waals surface area contributed by atoms with E-state index in [1.165, 1.54) is 6.08 Å². The van der Waals surface area contributed by atoms with Gasteiger partial charge in [-0.05, 0) is 61.0 Å². The van der Waals surface area contributed by atoms with E-state index in [4.69, 9.17) is 10.5 Å². The van der Waals surface area contributed by atoms with Gasteiger partial charge < -0.3 is 15.8 Å². The van der Waals surface area contributed by atoms with Gasteiger partial charge >= 0.3 is 0 Å². The summed E-state index contributed by atoms with van der Waals surface area (Å²) in [4.78, 5) is 49.5. The topological polar surface area (TPSA) is 119 Å². The summed E-state index contributed by atoms with van der Waals surface area (Å²) in [6.07, 6.45) is 1.49. The van der Waals surface area contributed by atoms with Crippen LogP contribution < -0.4 is 15.8 Å². The lowest BCUT2D eigenvalue weighted by molar-refractivity contribution is -0.127. The fourth-order valence-corrected chi connectivity index (χ4v) is 3.88. The van der Waals surface area contributed by atoms with Gasteiger partial charge in [-0.15, -0.1) is 0 Å². The van der Waals surface area contributed by atoms with E-state index in [1.54, 1.807) is 24.3 Å². The predicted molar refractivity (Wildman–Crippen MR) is 118 cm³/mol. The van der Waals surface area contributed by atoms with Crippen molar-refractivity contribution >= 4 is 46.5 Å². The van der Waals surface area contributed by atoms with Crippen LogP contribution in [0.25, 0.3) is 6.08 Å². The SMILES string of the molecule is Cc1cc(C)cc(NC(=O)CN2C(=O)S/C(=C/c3ccccc3OCC(N)=O)C2=O)c1. The Bertz CT molecular complexity index is 1080. The van der Waals surface area contributed by atoms with E-state index in [0.29, 0.717) is 17.0 Å². The number of carbonyl (C=O) groups is 4. The minimum absolute atomic E-state index is 0.152. The molecule has 0 spiro atoms. The number of imide groups is 1. The molecule has 1 aliphatic heterocycles. The van der Waals surface area contributed by atoms with Crippen molar-refractivity contribution in [3.05, 3.63) is 64.1 Å². The number of ether oxygens (including phenoxy) is 1. The second-order valence-corrected chi connectivity index (χ2v) is 7.98. The Balaban J connectivity index is 1.72. The molecule has 0 unspecified atom stereocenters. The first-order chi connectivity index (χ1) is 14.7. The Labute approximate surface area is 183 Å². The van der Waals surface area contributed by atoms with E-state index in [2.05, 4.69) is 5.32 Å². The van der Waals surface area contributed by atoms with Crippen LogP contribution in [0.3, 0.4) is 0 Å². The number of rotatable bonds is 7. The third-order valence-corrected chi connectivity index (χ3v) is 5.16. The van der Waals surface area contributed by atoms with Gasteiger partial charge in [-0.1, -0.05) is 24.3 Å². The van der Waals surface area contributed by atoms with E-state index in [9.17, 15) is 19.2 Å². The van der Waals surface area contributed by atoms with Crippen molar-refractivity contribution in [1.82, 2.24) is 4.90 Å². The smallest absolute Gasteiger partial charge is 0.294 e. The fraction of sp³-hybridized carbons (Fsp3) is 0.182. The lowest BCUT2D eigenvalue weighted by Gasteiger charge is -2.13. The normalized spacial score (nSPS) is 14.8. The molecule has 0 radical (unpaired) electrons. The van der Waals surface area contributed by atoms with E-state index in [1.807, 2.05) is 32.0 Å². The molecule has 0 saturated carbocycles. The van der Waals surface area contributed by atoms with Crippen molar-refractivity contribution in [2.45, 2.75) is 13.8 Å². The minimum atomic E-state index is -0.634. The molecule has 1 aliphatic rings. The first kappa shape index (κ1) is 22.1. The van der Waals surface area contributed by atoms with Gasteiger partial charge in [0.05, 0.1) is 4.91 Å². The van der Waals surface area contributed by atoms with E-state index in [0.717, 1.165) is 27.8 Å². The van der Waals surface area contributed by atoms with Gasteiger partial charge in [0.15, 0.2) is 6.61 Å². The standard InChI is InChI=1S/C22H21N3O5S/c1-13-7-14(2)9-16(8-13)24-20(27)11-25-21(28)18(31-22(25)29)10-15-5-3-4-6-17(15)30-12-19(23)26/h3-10H,11-12H2,1-2H3,(H2,23,26)(H,24,27)/b18-10+. The quantitative estimate of drug-likeness (QED) is 0.641. The number of nitrogens with zero attached hydrogens (tertiary/aromatic N) is 1. The third-order valence-electron chi connectivity index (χ3n) is 4.26. The molecule has 0 aliphatic carbocycles. The summed E-state index contributed by atoms with van der Waals surface area (Å²) in [6, 6.07) is 12.3. The second kappa shape index (κ2) is 9.48. The number of benzene rings is 2. The number of para-hydroxylation sites is 1. The number of hydrogen-bond donors (Lipinski definition) is 2. The Morgan fingerprint density at radius 2 is 1.81 bits per heavy atom. The van der Waals surface area contributed by atoms with Crippen LogP contribution in [-0.4, -0.2) is 41.0 Å². The molecule has 1 saturated heterocycles. The zero-order valence-corrected chi connectivity index (χ0v) is 17.8. The number of anilines is 1. The number of primary amides is 1. The number of carbonyl (C=O) groups excluding carboxylic acids is 4. The summed E-state index contributed by atoms with van der Waals surface area (Å²) in [5.41, 5.74) is 8.19. The molecule has 8 nitrogen and oxygen atoms in total. The molecule has 9 heteroatoms. The molecule has 4 amide bonds. The molecule has 0 atom stereocenters.